The fourth-order valence-corrected chi connectivity index (χ4v) is 1.31. The summed E-state index contributed by atoms with van der Waals surface area (Å²) in [5, 5.41) is 3.49. The lowest BCUT2D eigenvalue weighted by atomic mass is 9.80. The standard InChI is InChI=1S/C12H27NO/c1-6-8-13-9-12(5,11(3)4)10-14-7-2/h11,13H,6-10H2,1-5H3. The van der Waals surface area contributed by atoms with Crippen molar-refractivity contribution in [2.75, 3.05) is 26.3 Å². The highest BCUT2D eigenvalue weighted by Crippen LogP contribution is 2.26. The molecule has 0 aromatic carbocycles. The number of nitrogens with one attached hydrogen (secondary N) is 1. The molecule has 0 aromatic heterocycles. The van der Waals surface area contributed by atoms with Crippen molar-refractivity contribution in [2.45, 2.75) is 41.0 Å². The summed E-state index contributed by atoms with van der Waals surface area (Å²) in [5.41, 5.74) is 0.269. The van der Waals surface area contributed by atoms with Gasteiger partial charge in [-0.2, -0.15) is 0 Å². The molecule has 1 N–H and O–H groups in total. The van der Waals surface area contributed by atoms with Crippen molar-refractivity contribution in [3.05, 3.63) is 0 Å². The van der Waals surface area contributed by atoms with E-state index < -0.39 is 0 Å². The van der Waals surface area contributed by atoms with E-state index in [-0.39, 0.29) is 5.41 Å². The van der Waals surface area contributed by atoms with Gasteiger partial charge in [0.1, 0.15) is 0 Å². The lowest BCUT2D eigenvalue weighted by Crippen LogP contribution is -2.40. The average molecular weight is 201 g/mol. The van der Waals surface area contributed by atoms with Crippen molar-refractivity contribution in [2.24, 2.45) is 11.3 Å². The predicted molar refractivity (Wildman–Crippen MR) is 62.6 cm³/mol. The van der Waals surface area contributed by atoms with Gasteiger partial charge in [0.25, 0.3) is 0 Å². The maximum Gasteiger partial charge on any atom is 0.0534 e. The average Bonchev–Trinajstić information content (AvgIpc) is 2.15. The fraction of sp³-hybridized carbons (Fsp3) is 1.00. The Morgan fingerprint density at radius 1 is 1.29 bits per heavy atom. The molecule has 14 heavy (non-hydrogen) atoms. The molecule has 1 unspecified atom stereocenters. The van der Waals surface area contributed by atoms with Gasteiger partial charge in [0.2, 0.25) is 0 Å². The van der Waals surface area contributed by atoms with Crippen LogP contribution in [-0.2, 0) is 4.74 Å². The highest BCUT2D eigenvalue weighted by atomic mass is 16.5. The molecule has 0 aliphatic rings. The first-order chi connectivity index (χ1) is 6.56. The van der Waals surface area contributed by atoms with Crippen LogP contribution in [0, 0.1) is 11.3 Å². The Morgan fingerprint density at radius 3 is 2.36 bits per heavy atom. The first kappa shape index (κ1) is 13.9. The molecule has 0 aliphatic carbocycles. The lowest BCUT2D eigenvalue weighted by Gasteiger charge is -2.33. The van der Waals surface area contributed by atoms with Crippen LogP contribution in [0.15, 0.2) is 0 Å². The molecule has 0 radical (unpaired) electrons. The van der Waals surface area contributed by atoms with Crippen LogP contribution >= 0.6 is 0 Å². The molecule has 0 saturated heterocycles. The molecule has 1 atom stereocenters. The molecule has 86 valence electrons. The van der Waals surface area contributed by atoms with E-state index in [4.69, 9.17) is 4.74 Å². The van der Waals surface area contributed by atoms with Crippen molar-refractivity contribution < 1.29 is 4.74 Å². The molecular formula is C12H27NO. The molecule has 2 heteroatoms. The highest BCUT2D eigenvalue weighted by molar-refractivity contribution is 4.79. The first-order valence-electron chi connectivity index (χ1n) is 5.85. The Morgan fingerprint density at radius 2 is 1.93 bits per heavy atom. The Hall–Kier alpha value is -0.0800. The quantitative estimate of drug-likeness (QED) is 0.610. The molecule has 0 rings (SSSR count). The zero-order valence-electron chi connectivity index (χ0n) is 10.5. The maximum atomic E-state index is 5.55. The van der Waals surface area contributed by atoms with Gasteiger partial charge in [-0.3, -0.25) is 0 Å². The van der Waals surface area contributed by atoms with Crippen molar-refractivity contribution in [1.29, 1.82) is 0 Å². The number of ether oxygens (including phenoxy) is 1. The largest absolute Gasteiger partial charge is 0.381 e. The molecule has 0 aliphatic heterocycles. The molecule has 0 amide bonds. The molecule has 0 aromatic rings. The molecule has 0 saturated carbocycles. The van der Waals surface area contributed by atoms with Crippen molar-refractivity contribution in [3.63, 3.8) is 0 Å². The van der Waals surface area contributed by atoms with Crippen LogP contribution in [0.5, 0.6) is 0 Å². The number of rotatable bonds is 8. The Balaban J connectivity index is 3.96. The van der Waals surface area contributed by atoms with Crippen LogP contribution in [0.2, 0.25) is 0 Å². The second-order valence-electron chi connectivity index (χ2n) is 4.62. The van der Waals surface area contributed by atoms with E-state index in [0.717, 1.165) is 26.3 Å². The topological polar surface area (TPSA) is 21.3 Å². The van der Waals surface area contributed by atoms with Crippen molar-refractivity contribution >= 4 is 0 Å². The van der Waals surface area contributed by atoms with Gasteiger partial charge in [-0.05, 0) is 25.8 Å². The summed E-state index contributed by atoms with van der Waals surface area (Å²) in [6, 6.07) is 0. The normalized spacial score (nSPS) is 15.9. The van der Waals surface area contributed by atoms with E-state index in [1.165, 1.54) is 6.42 Å². The number of hydrogen-bond donors (Lipinski definition) is 1. The summed E-state index contributed by atoms with van der Waals surface area (Å²) in [7, 11) is 0. The zero-order valence-corrected chi connectivity index (χ0v) is 10.5. The van der Waals surface area contributed by atoms with E-state index in [2.05, 4.69) is 39.9 Å². The molecule has 0 heterocycles. The number of hydrogen-bond acceptors (Lipinski definition) is 2. The SMILES string of the molecule is CCCNCC(C)(COCC)C(C)C. The zero-order chi connectivity index (χ0) is 11.0. The van der Waals surface area contributed by atoms with Gasteiger partial charge >= 0.3 is 0 Å². The first-order valence-corrected chi connectivity index (χ1v) is 5.85. The second-order valence-corrected chi connectivity index (χ2v) is 4.62. The molecular weight excluding hydrogens is 174 g/mol. The third-order valence-corrected chi connectivity index (χ3v) is 2.99. The molecule has 0 fully saturated rings. The van der Waals surface area contributed by atoms with Gasteiger partial charge in [0.15, 0.2) is 0 Å². The minimum atomic E-state index is 0.269. The Kier molecular flexibility index (Phi) is 7.20. The van der Waals surface area contributed by atoms with Crippen LogP contribution < -0.4 is 5.32 Å². The molecule has 0 spiro atoms. The van der Waals surface area contributed by atoms with E-state index >= 15 is 0 Å². The predicted octanol–water partition coefficient (Wildman–Crippen LogP) is 2.68. The summed E-state index contributed by atoms with van der Waals surface area (Å²) < 4.78 is 5.55. The summed E-state index contributed by atoms with van der Waals surface area (Å²) >= 11 is 0. The van der Waals surface area contributed by atoms with Gasteiger partial charge in [-0.25, -0.2) is 0 Å². The third kappa shape index (κ3) is 4.97. The summed E-state index contributed by atoms with van der Waals surface area (Å²) in [5.74, 6) is 0.651. The third-order valence-electron chi connectivity index (χ3n) is 2.99. The minimum Gasteiger partial charge on any atom is -0.381 e. The smallest absolute Gasteiger partial charge is 0.0534 e. The van der Waals surface area contributed by atoms with Crippen LogP contribution in [0.3, 0.4) is 0 Å². The van der Waals surface area contributed by atoms with Crippen LogP contribution in [0.1, 0.15) is 41.0 Å². The molecule has 0 bridgehead atoms. The maximum absolute atomic E-state index is 5.55. The van der Waals surface area contributed by atoms with Crippen LogP contribution in [0.4, 0.5) is 0 Å². The second kappa shape index (κ2) is 7.24. The van der Waals surface area contributed by atoms with E-state index in [1.54, 1.807) is 0 Å². The summed E-state index contributed by atoms with van der Waals surface area (Å²) in [6.07, 6.45) is 1.20. The van der Waals surface area contributed by atoms with Gasteiger partial charge in [-0.15, -0.1) is 0 Å². The Labute approximate surface area is 89.4 Å². The van der Waals surface area contributed by atoms with Crippen LogP contribution in [0.25, 0.3) is 0 Å². The lowest BCUT2D eigenvalue weighted by molar-refractivity contribution is 0.0328. The van der Waals surface area contributed by atoms with Gasteiger partial charge in [0, 0.05) is 18.6 Å². The fourth-order valence-electron chi connectivity index (χ4n) is 1.31. The monoisotopic (exact) mass is 201 g/mol. The van der Waals surface area contributed by atoms with E-state index in [0.29, 0.717) is 5.92 Å². The van der Waals surface area contributed by atoms with E-state index in [9.17, 15) is 0 Å². The van der Waals surface area contributed by atoms with Gasteiger partial charge < -0.3 is 10.1 Å². The molecule has 2 nitrogen and oxygen atoms in total. The summed E-state index contributed by atoms with van der Waals surface area (Å²) in [6.45, 7) is 14.9. The van der Waals surface area contributed by atoms with Crippen molar-refractivity contribution in [3.8, 4) is 0 Å². The Bertz CT molecular complexity index is 136. The summed E-state index contributed by atoms with van der Waals surface area (Å²) in [4.78, 5) is 0. The van der Waals surface area contributed by atoms with Crippen LogP contribution in [-0.4, -0.2) is 26.3 Å². The highest BCUT2D eigenvalue weighted by Gasteiger charge is 2.27. The minimum absolute atomic E-state index is 0.269. The van der Waals surface area contributed by atoms with Gasteiger partial charge in [-0.1, -0.05) is 27.7 Å². The van der Waals surface area contributed by atoms with Gasteiger partial charge in [0.05, 0.1) is 6.61 Å². The van der Waals surface area contributed by atoms with E-state index in [1.807, 2.05) is 0 Å². The van der Waals surface area contributed by atoms with Crippen molar-refractivity contribution in [1.82, 2.24) is 5.32 Å².